The number of halogens is 2. The van der Waals surface area contributed by atoms with Crippen LogP contribution < -0.4 is 5.32 Å². The number of hydrogen-bond acceptors (Lipinski definition) is 3. The van der Waals surface area contributed by atoms with Gasteiger partial charge in [-0.25, -0.2) is 13.6 Å². The van der Waals surface area contributed by atoms with Gasteiger partial charge in [-0.05, 0) is 25.1 Å². The van der Waals surface area contributed by atoms with Gasteiger partial charge in [0.15, 0.2) is 11.6 Å². The van der Waals surface area contributed by atoms with E-state index >= 15 is 0 Å². The highest BCUT2D eigenvalue weighted by molar-refractivity contribution is 8.00. The number of carbonyl (C=O) groups excluding carboxylic acids is 2. The molecule has 1 heterocycles. The molecule has 1 N–H and O–H groups in total. The topological polar surface area (TPSA) is 49.4 Å². The number of rotatable bonds is 3. The summed E-state index contributed by atoms with van der Waals surface area (Å²) in [6.45, 7) is 2.40. The fourth-order valence-corrected chi connectivity index (χ4v) is 2.66. The van der Waals surface area contributed by atoms with Crippen LogP contribution in [-0.4, -0.2) is 35.2 Å². The van der Waals surface area contributed by atoms with Crippen molar-refractivity contribution >= 4 is 23.7 Å². The molecule has 102 valence electrons. The number of urea groups is 1. The minimum absolute atomic E-state index is 0.334. The smallest absolute Gasteiger partial charge is 0.324 e. The van der Waals surface area contributed by atoms with Crippen LogP contribution in [0.3, 0.4) is 0 Å². The van der Waals surface area contributed by atoms with Crippen molar-refractivity contribution in [1.29, 1.82) is 0 Å². The zero-order valence-electron chi connectivity index (χ0n) is 10.2. The molecule has 1 saturated heterocycles. The zero-order chi connectivity index (χ0) is 14.0. The Kier molecular flexibility index (Phi) is 4.04. The first-order valence-corrected chi connectivity index (χ1v) is 6.58. The van der Waals surface area contributed by atoms with E-state index in [1.54, 1.807) is 6.92 Å². The molecule has 3 amide bonds. The Morgan fingerprint density at radius 1 is 1.42 bits per heavy atom. The summed E-state index contributed by atoms with van der Waals surface area (Å²) < 4.78 is 25.8. The Morgan fingerprint density at radius 3 is 2.74 bits per heavy atom. The van der Waals surface area contributed by atoms with Gasteiger partial charge in [-0.3, -0.25) is 9.69 Å². The second-order valence-corrected chi connectivity index (χ2v) is 5.47. The summed E-state index contributed by atoms with van der Waals surface area (Å²) in [5, 5.41) is 1.99. The number of thioether (sulfide) groups is 1. The highest BCUT2D eigenvalue weighted by Gasteiger charge is 2.30. The van der Waals surface area contributed by atoms with Crippen molar-refractivity contribution in [2.45, 2.75) is 17.1 Å². The Labute approximate surface area is 113 Å². The normalized spacial score (nSPS) is 16.4. The summed E-state index contributed by atoms with van der Waals surface area (Å²) in [5.41, 5.74) is 0. The number of carbonyl (C=O) groups is 2. The lowest BCUT2D eigenvalue weighted by atomic mass is 10.3. The van der Waals surface area contributed by atoms with Crippen LogP contribution in [-0.2, 0) is 4.79 Å². The molecule has 1 atom stereocenters. The first-order valence-electron chi connectivity index (χ1n) is 5.70. The van der Waals surface area contributed by atoms with Gasteiger partial charge < -0.3 is 5.32 Å². The van der Waals surface area contributed by atoms with Gasteiger partial charge in [0.05, 0.1) is 5.25 Å². The van der Waals surface area contributed by atoms with Crippen molar-refractivity contribution in [2.24, 2.45) is 0 Å². The lowest BCUT2D eigenvalue weighted by Gasteiger charge is -2.17. The molecule has 0 radical (unpaired) electrons. The highest BCUT2D eigenvalue weighted by Crippen LogP contribution is 2.26. The van der Waals surface area contributed by atoms with E-state index in [4.69, 9.17) is 0 Å². The number of hydrogen-bond donors (Lipinski definition) is 1. The second-order valence-electron chi connectivity index (χ2n) is 4.06. The van der Waals surface area contributed by atoms with E-state index in [0.717, 1.165) is 28.8 Å². The third-order valence-electron chi connectivity index (χ3n) is 2.67. The molecule has 0 saturated carbocycles. The van der Waals surface area contributed by atoms with Gasteiger partial charge in [0.25, 0.3) is 0 Å². The number of nitrogens with zero attached hydrogens (tertiary/aromatic N) is 1. The van der Waals surface area contributed by atoms with Crippen molar-refractivity contribution in [3.8, 4) is 0 Å². The fraction of sp³-hybridized carbons (Fsp3) is 0.333. The summed E-state index contributed by atoms with van der Waals surface area (Å²) in [4.78, 5) is 24.9. The van der Waals surface area contributed by atoms with Crippen LogP contribution in [0.5, 0.6) is 0 Å². The molecule has 0 aliphatic carbocycles. The van der Waals surface area contributed by atoms with E-state index < -0.39 is 22.9 Å². The quantitative estimate of drug-likeness (QED) is 0.865. The molecule has 1 aromatic rings. The molecule has 1 fully saturated rings. The summed E-state index contributed by atoms with van der Waals surface area (Å²) in [6, 6.07) is 3.03. The predicted molar refractivity (Wildman–Crippen MR) is 66.8 cm³/mol. The summed E-state index contributed by atoms with van der Waals surface area (Å²) >= 11 is 1.09. The molecule has 1 aliphatic heterocycles. The van der Waals surface area contributed by atoms with Crippen molar-refractivity contribution in [1.82, 2.24) is 10.2 Å². The van der Waals surface area contributed by atoms with E-state index in [0.29, 0.717) is 18.0 Å². The lowest BCUT2D eigenvalue weighted by Crippen LogP contribution is -2.38. The second kappa shape index (κ2) is 5.56. The fourth-order valence-electron chi connectivity index (χ4n) is 1.71. The largest absolute Gasteiger partial charge is 0.336 e. The molecule has 0 spiro atoms. The average molecular weight is 286 g/mol. The van der Waals surface area contributed by atoms with Crippen LogP contribution in [0.4, 0.5) is 13.6 Å². The average Bonchev–Trinajstić information content (AvgIpc) is 2.79. The van der Waals surface area contributed by atoms with E-state index in [9.17, 15) is 18.4 Å². The number of benzene rings is 1. The minimum atomic E-state index is -0.955. The molecule has 0 aromatic heterocycles. The summed E-state index contributed by atoms with van der Waals surface area (Å²) in [6.07, 6.45) is 0. The predicted octanol–water partition coefficient (Wildman–Crippen LogP) is 2.00. The van der Waals surface area contributed by atoms with Crippen LogP contribution in [0.1, 0.15) is 6.92 Å². The molecule has 1 aromatic carbocycles. The van der Waals surface area contributed by atoms with Gasteiger partial charge >= 0.3 is 6.03 Å². The molecule has 4 nitrogen and oxygen atoms in total. The van der Waals surface area contributed by atoms with Crippen LogP contribution in [0.15, 0.2) is 23.1 Å². The van der Waals surface area contributed by atoms with E-state index in [1.807, 2.05) is 0 Å². The van der Waals surface area contributed by atoms with Gasteiger partial charge in [-0.2, -0.15) is 0 Å². The monoisotopic (exact) mass is 286 g/mol. The molecule has 1 unspecified atom stereocenters. The van der Waals surface area contributed by atoms with Gasteiger partial charge in [0, 0.05) is 18.0 Å². The zero-order valence-corrected chi connectivity index (χ0v) is 11.0. The van der Waals surface area contributed by atoms with Crippen molar-refractivity contribution < 1.29 is 18.4 Å². The van der Waals surface area contributed by atoms with E-state index in [1.165, 1.54) is 6.07 Å². The molecular weight excluding hydrogens is 274 g/mol. The lowest BCUT2D eigenvalue weighted by molar-refractivity contribution is -0.126. The van der Waals surface area contributed by atoms with Crippen molar-refractivity contribution in [2.75, 3.05) is 13.1 Å². The molecule has 7 heteroatoms. The third-order valence-corrected chi connectivity index (χ3v) is 3.76. The number of imide groups is 1. The molecule has 19 heavy (non-hydrogen) atoms. The van der Waals surface area contributed by atoms with Gasteiger partial charge in [-0.15, -0.1) is 11.8 Å². The number of nitrogens with one attached hydrogen (secondary N) is 1. The maximum absolute atomic E-state index is 13.0. The Morgan fingerprint density at radius 2 is 2.16 bits per heavy atom. The molecular formula is C12H12F2N2O2S. The van der Waals surface area contributed by atoms with Crippen molar-refractivity contribution in [3.05, 3.63) is 29.8 Å². The van der Waals surface area contributed by atoms with E-state index in [-0.39, 0.29) is 5.91 Å². The van der Waals surface area contributed by atoms with Crippen LogP contribution in [0.25, 0.3) is 0 Å². The maximum Gasteiger partial charge on any atom is 0.324 e. The summed E-state index contributed by atoms with van der Waals surface area (Å²) in [5.74, 6) is -2.23. The summed E-state index contributed by atoms with van der Waals surface area (Å²) in [7, 11) is 0. The third kappa shape index (κ3) is 3.04. The minimum Gasteiger partial charge on any atom is -0.336 e. The molecule has 0 bridgehead atoms. The van der Waals surface area contributed by atoms with Gasteiger partial charge in [0.1, 0.15) is 0 Å². The standard InChI is InChI=1S/C12H12F2N2O2S/c1-7(11(17)16-5-4-15-12(16)18)19-8-2-3-9(13)10(14)6-8/h2-3,6-7H,4-5H2,1H3,(H,15,18). The van der Waals surface area contributed by atoms with Gasteiger partial charge in [0.2, 0.25) is 5.91 Å². The molecule has 1 aliphatic rings. The Hall–Kier alpha value is -1.63. The van der Waals surface area contributed by atoms with Crippen molar-refractivity contribution in [3.63, 3.8) is 0 Å². The Balaban J connectivity index is 2.03. The Bertz CT molecular complexity index is 524. The highest BCUT2D eigenvalue weighted by atomic mass is 32.2. The van der Waals surface area contributed by atoms with E-state index in [2.05, 4.69) is 5.32 Å². The first kappa shape index (κ1) is 13.8. The SMILES string of the molecule is CC(Sc1ccc(F)c(F)c1)C(=O)N1CCNC1=O. The number of amides is 3. The van der Waals surface area contributed by atoms with Crippen LogP contribution >= 0.6 is 11.8 Å². The van der Waals surface area contributed by atoms with Gasteiger partial charge in [-0.1, -0.05) is 0 Å². The van der Waals surface area contributed by atoms with Crippen LogP contribution in [0.2, 0.25) is 0 Å². The maximum atomic E-state index is 13.0. The molecule has 2 rings (SSSR count). The first-order chi connectivity index (χ1) is 8.99. The van der Waals surface area contributed by atoms with Crippen LogP contribution in [0, 0.1) is 11.6 Å².